The average Bonchev–Trinajstić information content (AvgIpc) is 3.46. The van der Waals surface area contributed by atoms with Gasteiger partial charge in [0.2, 0.25) is 5.95 Å². The summed E-state index contributed by atoms with van der Waals surface area (Å²) in [6.45, 7) is -0.483. The van der Waals surface area contributed by atoms with Crippen molar-refractivity contribution in [1.82, 2.24) is 29.2 Å². The molecule has 36 heavy (non-hydrogen) atoms. The second-order valence-electron chi connectivity index (χ2n) is 8.00. The number of anilines is 2. The third-order valence-corrected chi connectivity index (χ3v) is 6.50. The fourth-order valence-electron chi connectivity index (χ4n) is 3.75. The number of aryl methyl sites for hydroxylation is 1. The molecule has 4 aromatic rings. The number of halogens is 4. The number of hydrogen-bond donors (Lipinski definition) is 2. The Labute approximate surface area is 210 Å². The summed E-state index contributed by atoms with van der Waals surface area (Å²) in [5, 5.41) is 12.9. The maximum Gasteiger partial charge on any atom is 0.355 e. The maximum absolute atomic E-state index is 13.9. The standard InChI is InChI=1S/C22H17ClF3N7O2S/c1-31-7-12-4-18(14(23)5-17(12)30-31)28-20-29-21(34)33(8-13-9-36-10-27-13)22(35)32(20)6-11-2-15(24)19(26)16(25)3-11/h2-5,7,9,27H,6,8,10H2,1H3,(H,28,29,34). The maximum atomic E-state index is 13.9. The lowest BCUT2D eigenvalue weighted by molar-refractivity contribution is 0.444. The van der Waals surface area contributed by atoms with Crippen LogP contribution >= 0.6 is 23.4 Å². The lowest BCUT2D eigenvalue weighted by atomic mass is 10.2. The Balaban J connectivity index is 1.62. The molecule has 2 N–H and O–H groups in total. The zero-order valence-electron chi connectivity index (χ0n) is 18.6. The molecular formula is C22H17ClF3N7O2S. The van der Waals surface area contributed by atoms with Gasteiger partial charge in [0.25, 0.3) is 0 Å². The Morgan fingerprint density at radius 3 is 2.56 bits per heavy atom. The van der Waals surface area contributed by atoms with E-state index in [1.165, 1.54) is 11.8 Å². The number of allylic oxidation sites excluding steroid dienone is 1. The predicted octanol–water partition coefficient (Wildman–Crippen LogP) is 3.29. The zero-order chi connectivity index (χ0) is 25.6. The van der Waals surface area contributed by atoms with Crippen molar-refractivity contribution in [3.63, 3.8) is 0 Å². The van der Waals surface area contributed by atoms with Crippen molar-refractivity contribution < 1.29 is 13.2 Å². The van der Waals surface area contributed by atoms with Gasteiger partial charge in [-0.05, 0) is 35.2 Å². The van der Waals surface area contributed by atoms with Gasteiger partial charge in [-0.15, -0.1) is 11.8 Å². The Bertz CT molecular complexity index is 1640. The van der Waals surface area contributed by atoms with Crippen LogP contribution in [0.1, 0.15) is 5.56 Å². The van der Waals surface area contributed by atoms with Crippen LogP contribution < -0.4 is 22.0 Å². The molecule has 2 aromatic heterocycles. The van der Waals surface area contributed by atoms with Crippen molar-refractivity contribution in [3.05, 3.63) is 90.6 Å². The van der Waals surface area contributed by atoms with E-state index >= 15 is 0 Å². The zero-order valence-corrected chi connectivity index (χ0v) is 20.1. The number of thioether (sulfide) groups is 1. The van der Waals surface area contributed by atoms with Crippen LogP contribution in [0, 0.1) is 17.5 Å². The normalized spacial score (nSPS) is 13.2. The van der Waals surface area contributed by atoms with E-state index in [4.69, 9.17) is 11.6 Å². The molecule has 0 spiro atoms. The van der Waals surface area contributed by atoms with Crippen LogP contribution in [0.3, 0.4) is 0 Å². The van der Waals surface area contributed by atoms with E-state index in [2.05, 4.69) is 20.7 Å². The van der Waals surface area contributed by atoms with Gasteiger partial charge in [0.1, 0.15) is 0 Å². The van der Waals surface area contributed by atoms with Crippen LogP contribution in [-0.4, -0.2) is 29.8 Å². The van der Waals surface area contributed by atoms with E-state index in [0.717, 1.165) is 26.7 Å². The number of hydrogen-bond acceptors (Lipinski definition) is 7. The smallest absolute Gasteiger partial charge is 0.355 e. The van der Waals surface area contributed by atoms with E-state index in [1.54, 1.807) is 35.5 Å². The van der Waals surface area contributed by atoms with Crippen LogP contribution in [0.2, 0.25) is 5.02 Å². The van der Waals surface area contributed by atoms with Gasteiger partial charge in [-0.3, -0.25) is 9.25 Å². The quantitative estimate of drug-likeness (QED) is 0.366. The predicted molar refractivity (Wildman–Crippen MR) is 131 cm³/mol. The van der Waals surface area contributed by atoms with Gasteiger partial charge in [0.05, 0.1) is 35.2 Å². The SMILES string of the molecule is Cn1cc2cc(Nc3nc(=O)n(CC4=CSCN4)c(=O)n3Cc3cc(F)c(F)c(F)c3)c(Cl)cc2n1. The van der Waals surface area contributed by atoms with Gasteiger partial charge >= 0.3 is 11.4 Å². The molecule has 0 bridgehead atoms. The fraction of sp³-hybridized carbons (Fsp3) is 0.182. The molecule has 0 unspecified atom stereocenters. The highest BCUT2D eigenvalue weighted by atomic mass is 35.5. The molecule has 1 aliphatic heterocycles. The van der Waals surface area contributed by atoms with Crippen molar-refractivity contribution in [3.8, 4) is 0 Å². The minimum atomic E-state index is -1.62. The minimum absolute atomic E-state index is 0.0499. The number of benzene rings is 2. The van der Waals surface area contributed by atoms with Crippen molar-refractivity contribution >= 4 is 45.9 Å². The first kappa shape index (κ1) is 24.0. The summed E-state index contributed by atoms with van der Waals surface area (Å²) < 4.78 is 44.8. The molecule has 0 aliphatic carbocycles. The summed E-state index contributed by atoms with van der Waals surface area (Å²) in [6, 6.07) is 4.81. The highest BCUT2D eigenvalue weighted by Gasteiger charge is 2.19. The topological polar surface area (TPSA) is 98.8 Å². The van der Waals surface area contributed by atoms with Crippen molar-refractivity contribution in [1.29, 1.82) is 0 Å². The first-order chi connectivity index (χ1) is 17.2. The molecule has 14 heteroatoms. The molecule has 9 nitrogen and oxygen atoms in total. The molecule has 5 rings (SSSR count). The molecule has 0 atom stereocenters. The number of rotatable bonds is 6. The summed E-state index contributed by atoms with van der Waals surface area (Å²) in [5.41, 5.74) is -0.0955. The molecule has 0 radical (unpaired) electrons. The third-order valence-electron chi connectivity index (χ3n) is 5.43. The fourth-order valence-corrected chi connectivity index (χ4v) is 4.67. The first-order valence-electron chi connectivity index (χ1n) is 10.5. The van der Waals surface area contributed by atoms with Crippen molar-refractivity contribution in [2.45, 2.75) is 13.1 Å². The van der Waals surface area contributed by atoms with E-state index in [-0.39, 0.29) is 23.1 Å². The lowest BCUT2D eigenvalue weighted by Crippen LogP contribution is -2.43. The monoisotopic (exact) mass is 535 g/mol. The average molecular weight is 536 g/mol. The van der Waals surface area contributed by atoms with Gasteiger partial charge < -0.3 is 10.6 Å². The Hall–Kier alpha value is -3.71. The van der Waals surface area contributed by atoms with Crippen LogP contribution in [0.5, 0.6) is 0 Å². The van der Waals surface area contributed by atoms with E-state index in [1.807, 2.05) is 0 Å². The summed E-state index contributed by atoms with van der Waals surface area (Å²) in [5.74, 6) is -4.05. The van der Waals surface area contributed by atoms with Gasteiger partial charge in [0, 0.05) is 24.3 Å². The molecular weight excluding hydrogens is 519 g/mol. The number of aromatic nitrogens is 5. The molecule has 2 aromatic carbocycles. The Morgan fingerprint density at radius 1 is 1.11 bits per heavy atom. The highest BCUT2D eigenvalue weighted by molar-refractivity contribution is 8.02. The summed E-state index contributed by atoms with van der Waals surface area (Å²) >= 11 is 7.85. The molecule has 186 valence electrons. The number of fused-ring (bicyclic) bond motifs is 1. The van der Waals surface area contributed by atoms with Crippen LogP contribution in [-0.2, 0) is 20.1 Å². The first-order valence-corrected chi connectivity index (χ1v) is 11.9. The number of nitrogens with one attached hydrogen (secondary N) is 2. The second-order valence-corrected chi connectivity index (χ2v) is 9.26. The number of nitrogens with zero attached hydrogens (tertiary/aromatic N) is 5. The third kappa shape index (κ3) is 4.58. The van der Waals surface area contributed by atoms with Gasteiger partial charge in [-0.1, -0.05) is 11.6 Å². The summed E-state index contributed by atoms with van der Waals surface area (Å²) in [4.78, 5) is 30.2. The van der Waals surface area contributed by atoms with Crippen LogP contribution in [0.4, 0.5) is 24.8 Å². The van der Waals surface area contributed by atoms with E-state index < -0.39 is 35.4 Å². The minimum Gasteiger partial charge on any atom is -0.377 e. The largest absolute Gasteiger partial charge is 0.377 e. The van der Waals surface area contributed by atoms with Crippen LogP contribution in [0.15, 0.2) is 51.2 Å². The summed E-state index contributed by atoms with van der Waals surface area (Å²) in [7, 11) is 1.74. The molecule has 3 heterocycles. The molecule has 0 saturated carbocycles. The van der Waals surface area contributed by atoms with Gasteiger partial charge in [-0.25, -0.2) is 27.3 Å². The molecule has 0 saturated heterocycles. The van der Waals surface area contributed by atoms with Crippen molar-refractivity contribution in [2.75, 3.05) is 11.2 Å². The summed E-state index contributed by atoms with van der Waals surface area (Å²) in [6.07, 6.45) is 1.75. The van der Waals surface area contributed by atoms with Gasteiger partial charge in [0.15, 0.2) is 17.5 Å². The molecule has 0 amide bonds. The van der Waals surface area contributed by atoms with Crippen molar-refractivity contribution in [2.24, 2.45) is 7.05 Å². The second kappa shape index (κ2) is 9.39. The van der Waals surface area contributed by atoms with E-state index in [0.29, 0.717) is 22.8 Å². The highest BCUT2D eigenvalue weighted by Crippen LogP contribution is 2.29. The molecule has 1 aliphatic rings. The Morgan fingerprint density at radius 2 is 1.86 bits per heavy atom. The Kier molecular flexibility index (Phi) is 6.26. The van der Waals surface area contributed by atoms with Crippen LogP contribution in [0.25, 0.3) is 10.9 Å². The van der Waals surface area contributed by atoms with Gasteiger partial charge in [-0.2, -0.15) is 10.1 Å². The molecule has 0 fully saturated rings. The van der Waals surface area contributed by atoms with E-state index in [9.17, 15) is 22.8 Å². The lowest BCUT2D eigenvalue weighted by Gasteiger charge is -2.17.